The van der Waals surface area contributed by atoms with Crippen LogP contribution in [0.25, 0.3) is 11.1 Å². The van der Waals surface area contributed by atoms with Crippen LogP contribution in [0.4, 0.5) is 0 Å². The second-order valence-corrected chi connectivity index (χ2v) is 8.23. The molecule has 1 spiro atoms. The van der Waals surface area contributed by atoms with Gasteiger partial charge in [0.05, 0.1) is 25.3 Å². The summed E-state index contributed by atoms with van der Waals surface area (Å²) in [6.45, 7) is 2.28. The lowest BCUT2D eigenvalue weighted by Crippen LogP contribution is -2.86. The molecule has 2 fully saturated rings. The lowest BCUT2D eigenvalue weighted by Gasteiger charge is -2.70. The van der Waals surface area contributed by atoms with Crippen LogP contribution >= 0.6 is 0 Å². The average molecular weight is 424 g/mol. The fraction of sp³-hybridized carbons (Fsp3) is 0.417. The van der Waals surface area contributed by atoms with Gasteiger partial charge in [-0.05, 0) is 17.2 Å². The minimum absolute atomic E-state index is 0.0116. The van der Waals surface area contributed by atoms with Gasteiger partial charge in [-0.1, -0.05) is 42.5 Å². The molecule has 2 saturated heterocycles. The van der Waals surface area contributed by atoms with Crippen molar-refractivity contribution in [3.05, 3.63) is 54.1 Å². The monoisotopic (exact) mass is 424 g/mol. The molecule has 0 saturated carbocycles. The van der Waals surface area contributed by atoms with Crippen LogP contribution < -0.4 is 4.74 Å². The number of aliphatic hydroxyl groups excluding tert-OH is 1. The molecule has 2 amide bonds. The van der Waals surface area contributed by atoms with Crippen molar-refractivity contribution in [1.29, 1.82) is 0 Å². The number of nitrogens with zero attached hydrogens (tertiary/aromatic N) is 2. The first kappa shape index (κ1) is 21.3. The zero-order valence-corrected chi connectivity index (χ0v) is 18.1. The maximum Gasteiger partial charge on any atom is 0.249 e. The Morgan fingerprint density at radius 3 is 2.35 bits per heavy atom. The lowest BCUT2D eigenvalue weighted by atomic mass is 9.60. The molecule has 2 aliphatic heterocycles. The third-order valence-corrected chi connectivity index (χ3v) is 6.56. The number of hydrogen-bond acceptors (Lipinski definition) is 5. The number of rotatable bonds is 6. The first-order chi connectivity index (χ1) is 15.0. The summed E-state index contributed by atoms with van der Waals surface area (Å²) in [5, 5.41) is 10.1. The molecule has 0 radical (unpaired) electrons. The van der Waals surface area contributed by atoms with Crippen LogP contribution in [0.15, 0.2) is 48.5 Å². The van der Waals surface area contributed by atoms with Crippen molar-refractivity contribution >= 4 is 11.8 Å². The zero-order chi connectivity index (χ0) is 22.2. The molecule has 164 valence electrons. The van der Waals surface area contributed by atoms with Gasteiger partial charge in [0, 0.05) is 38.6 Å². The molecular formula is C24H28N2O5. The summed E-state index contributed by atoms with van der Waals surface area (Å²) >= 11 is 0. The highest BCUT2D eigenvalue weighted by Crippen LogP contribution is 2.54. The minimum atomic E-state index is -0.499. The number of amides is 2. The first-order valence-electron chi connectivity index (χ1n) is 10.4. The molecule has 0 aromatic heterocycles. The predicted molar refractivity (Wildman–Crippen MR) is 116 cm³/mol. The van der Waals surface area contributed by atoms with E-state index >= 15 is 0 Å². The Morgan fingerprint density at radius 2 is 1.77 bits per heavy atom. The van der Waals surface area contributed by atoms with Gasteiger partial charge in [-0.15, -0.1) is 0 Å². The Kier molecular flexibility index (Phi) is 5.73. The molecule has 1 N–H and O–H groups in total. The third kappa shape index (κ3) is 3.38. The van der Waals surface area contributed by atoms with Crippen molar-refractivity contribution < 1.29 is 24.2 Å². The molecule has 2 aromatic rings. The van der Waals surface area contributed by atoms with Gasteiger partial charge in [-0.3, -0.25) is 9.59 Å². The molecule has 7 nitrogen and oxygen atoms in total. The van der Waals surface area contributed by atoms with Gasteiger partial charge < -0.3 is 24.4 Å². The summed E-state index contributed by atoms with van der Waals surface area (Å²) in [7, 11) is 3.13. The summed E-state index contributed by atoms with van der Waals surface area (Å²) in [5.41, 5.74) is 2.58. The van der Waals surface area contributed by atoms with Crippen LogP contribution in [-0.2, 0) is 14.3 Å². The first-order valence-corrected chi connectivity index (χ1v) is 10.4. The van der Waals surface area contributed by atoms with Crippen molar-refractivity contribution in [2.45, 2.75) is 24.4 Å². The molecular weight excluding hydrogens is 396 g/mol. The highest BCUT2D eigenvalue weighted by atomic mass is 16.5. The van der Waals surface area contributed by atoms with E-state index in [1.165, 1.54) is 14.0 Å². The van der Waals surface area contributed by atoms with E-state index in [1.807, 2.05) is 48.5 Å². The molecule has 0 unspecified atom stereocenters. The van der Waals surface area contributed by atoms with Gasteiger partial charge in [0.2, 0.25) is 11.8 Å². The zero-order valence-electron chi connectivity index (χ0n) is 18.1. The van der Waals surface area contributed by atoms with E-state index in [9.17, 15) is 14.7 Å². The van der Waals surface area contributed by atoms with Gasteiger partial charge in [-0.25, -0.2) is 0 Å². The van der Waals surface area contributed by atoms with E-state index in [0.29, 0.717) is 13.1 Å². The van der Waals surface area contributed by atoms with Crippen LogP contribution in [-0.4, -0.2) is 78.8 Å². The molecule has 0 aliphatic carbocycles. The topological polar surface area (TPSA) is 79.3 Å². The molecule has 0 bridgehead atoms. The van der Waals surface area contributed by atoms with Crippen molar-refractivity contribution in [1.82, 2.24) is 9.80 Å². The highest BCUT2D eigenvalue weighted by Gasteiger charge is 2.67. The predicted octanol–water partition coefficient (Wildman–Crippen LogP) is 1.90. The number of methoxy groups -OCH3 is 2. The lowest BCUT2D eigenvalue weighted by molar-refractivity contribution is -0.204. The second kappa shape index (κ2) is 8.32. The highest BCUT2D eigenvalue weighted by molar-refractivity contribution is 5.83. The van der Waals surface area contributed by atoms with Crippen LogP contribution in [0.5, 0.6) is 5.75 Å². The molecule has 2 atom stereocenters. The molecule has 7 heteroatoms. The number of hydrogen-bond donors (Lipinski definition) is 1. The second-order valence-electron chi connectivity index (χ2n) is 8.23. The van der Waals surface area contributed by atoms with E-state index < -0.39 is 5.54 Å². The Bertz CT molecular complexity index is 968. The number of ether oxygens (including phenoxy) is 2. The molecule has 2 aliphatic rings. The minimum Gasteiger partial charge on any atom is -0.496 e. The van der Waals surface area contributed by atoms with Gasteiger partial charge in [0.15, 0.2) is 0 Å². The van der Waals surface area contributed by atoms with Gasteiger partial charge in [0.25, 0.3) is 0 Å². The van der Waals surface area contributed by atoms with Crippen molar-refractivity contribution in [2.24, 2.45) is 0 Å². The van der Waals surface area contributed by atoms with Crippen molar-refractivity contribution in [3.8, 4) is 16.9 Å². The molecule has 31 heavy (non-hydrogen) atoms. The van der Waals surface area contributed by atoms with Crippen LogP contribution in [0.1, 0.15) is 18.4 Å². The van der Waals surface area contributed by atoms with E-state index in [0.717, 1.165) is 22.4 Å². The fourth-order valence-electron chi connectivity index (χ4n) is 5.19. The van der Waals surface area contributed by atoms with Crippen LogP contribution in [0.2, 0.25) is 0 Å². The number of carbonyl (C=O) groups is 2. The smallest absolute Gasteiger partial charge is 0.249 e. The fourth-order valence-corrected chi connectivity index (χ4v) is 5.19. The Balaban J connectivity index is 1.65. The standard InChI is InChI=1S/C24H28N2O5/c1-16(28)25-14-24(15-25)23(20(12-27)26(24)22(29)13-30-2)18-10-8-17(9-11-18)19-6-4-5-7-21(19)31-3/h4-11,20,23,27H,12-15H2,1-3H3/t20-,23-/m0/s1. The molecule has 2 heterocycles. The van der Waals surface area contributed by atoms with Crippen LogP contribution in [0, 0.1) is 0 Å². The summed E-state index contributed by atoms with van der Waals surface area (Å²) in [5.74, 6) is 0.575. The maximum atomic E-state index is 12.7. The maximum absolute atomic E-state index is 12.7. The average Bonchev–Trinajstić information content (AvgIpc) is 2.72. The van der Waals surface area contributed by atoms with E-state index in [2.05, 4.69) is 0 Å². The van der Waals surface area contributed by atoms with Crippen LogP contribution in [0.3, 0.4) is 0 Å². The van der Waals surface area contributed by atoms with Gasteiger partial charge in [-0.2, -0.15) is 0 Å². The van der Waals surface area contributed by atoms with Crippen molar-refractivity contribution in [2.75, 3.05) is 40.5 Å². The Hall–Kier alpha value is -2.90. The van der Waals surface area contributed by atoms with Gasteiger partial charge >= 0.3 is 0 Å². The number of likely N-dealkylation sites (tertiary alicyclic amines) is 2. The Labute approximate surface area is 182 Å². The third-order valence-electron chi connectivity index (χ3n) is 6.56. The number of aliphatic hydroxyl groups is 1. The number of benzene rings is 2. The summed E-state index contributed by atoms with van der Waals surface area (Å²) < 4.78 is 10.5. The molecule has 2 aromatic carbocycles. The van der Waals surface area contributed by atoms with Crippen molar-refractivity contribution in [3.63, 3.8) is 0 Å². The SMILES string of the molecule is COCC(=O)N1[C@@H](CO)[C@H](c2ccc(-c3ccccc3OC)cc2)C12CN(C(C)=O)C2. The summed E-state index contributed by atoms with van der Waals surface area (Å²) in [6, 6.07) is 15.7. The summed E-state index contributed by atoms with van der Waals surface area (Å²) in [4.78, 5) is 28.1. The number of para-hydroxylation sites is 1. The van der Waals surface area contributed by atoms with E-state index in [-0.39, 0.29) is 37.0 Å². The van der Waals surface area contributed by atoms with Gasteiger partial charge in [0.1, 0.15) is 12.4 Å². The summed E-state index contributed by atoms with van der Waals surface area (Å²) in [6.07, 6.45) is 0. The largest absolute Gasteiger partial charge is 0.496 e. The quantitative estimate of drug-likeness (QED) is 0.766. The van der Waals surface area contributed by atoms with E-state index in [4.69, 9.17) is 9.47 Å². The molecule has 4 rings (SSSR count). The normalized spacial score (nSPS) is 21.4. The Morgan fingerprint density at radius 1 is 1.10 bits per heavy atom. The number of carbonyl (C=O) groups excluding carboxylic acids is 2. The van der Waals surface area contributed by atoms with E-state index in [1.54, 1.807) is 16.9 Å².